The highest BCUT2D eigenvalue weighted by molar-refractivity contribution is 6.11. The predicted molar refractivity (Wildman–Crippen MR) is 92.2 cm³/mol. The molecule has 7 heteroatoms. The Morgan fingerprint density at radius 3 is 2.77 bits per heavy atom. The van der Waals surface area contributed by atoms with Crippen LogP contribution in [0.1, 0.15) is 5.56 Å². The van der Waals surface area contributed by atoms with Gasteiger partial charge in [0.25, 0.3) is 6.41 Å². The first-order valence-corrected chi connectivity index (χ1v) is 8.02. The highest BCUT2D eigenvalue weighted by Crippen LogP contribution is 2.21. The summed E-state index contributed by atoms with van der Waals surface area (Å²) in [7, 11) is 0. The zero-order chi connectivity index (χ0) is 18.5. The molecule has 2 unspecified atom stereocenters. The molecular formula is C19H17NO6. The van der Waals surface area contributed by atoms with Crippen LogP contribution in [0.25, 0.3) is 10.8 Å². The topological polar surface area (TPSA) is 102 Å². The molecule has 2 aromatic rings. The van der Waals surface area contributed by atoms with Gasteiger partial charge in [0.2, 0.25) is 0 Å². The largest absolute Gasteiger partial charge is 0.478 e. The van der Waals surface area contributed by atoms with Crippen molar-refractivity contribution in [1.82, 2.24) is 5.32 Å². The smallest absolute Gasteiger partial charge is 0.345 e. The number of carbonyl (C=O) groups excluding carboxylic acids is 2. The maximum absolute atomic E-state index is 11.8. The molecule has 1 aliphatic heterocycles. The number of hydrogen-bond acceptors (Lipinski definition) is 6. The quantitative estimate of drug-likeness (QED) is 0.265. The number of esters is 1. The van der Waals surface area contributed by atoms with Crippen LogP contribution in [0.3, 0.4) is 0 Å². The lowest BCUT2D eigenvalue weighted by molar-refractivity contribution is -0.168. The van der Waals surface area contributed by atoms with E-state index in [0.29, 0.717) is 19.1 Å². The van der Waals surface area contributed by atoms with Gasteiger partial charge >= 0.3 is 11.9 Å². The number of carboxylic acid groups (broad SMARTS) is 1. The fourth-order valence-corrected chi connectivity index (χ4v) is 2.85. The summed E-state index contributed by atoms with van der Waals surface area (Å²) in [5.74, 6) is -2.45. The lowest BCUT2D eigenvalue weighted by Gasteiger charge is -2.14. The first-order chi connectivity index (χ1) is 12.6. The molecule has 1 fully saturated rings. The van der Waals surface area contributed by atoms with Gasteiger partial charge in [-0.2, -0.15) is 0 Å². The first-order valence-electron chi connectivity index (χ1n) is 8.02. The second-order valence-corrected chi connectivity index (χ2v) is 5.83. The molecule has 0 bridgehead atoms. The van der Waals surface area contributed by atoms with Crippen molar-refractivity contribution < 1.29 is 29.0 Å². The molecule has 134 valence electrons. The Morgan fingerprint density at radius 2 is 2.00 bits per heavy atom. The van der Waals surface area contributed by atoms with E-state index in [1.807, 2.05) is 42.5 Å². The van der Waals surface area contributed by atoms with Crippen molar-refractivity contribution in [3.05, 3.63) is 59.7 Å². The highest BCUT2D eigenvalue weighted by atomic mass is 16.7. The fourth-order valence-electron chi connectivity index (χ4n) is 2.85. The SMILES string of the molecule is O=C/C(=C\C(=O)O)C(=O)OC1NC(Cc2cccc3ccccc23)CO1. The number of hydrogen-bond donors (Lipinski definition) is 2. The van der Waals surface area contributed by atoms with E-state index in [4.69, 9.17) is 14.6 Å². The molecule has 1 saturated heterocycles. The standard InChI is InChI=1S/C19H17NO6/c21-10-14(9-17(22)23)18(24)26-19-20-15(11-25-19)8-13-6-3-5-12-4-1-2-7-16(12)13/h1-7,9-10,15,19-20H,8,11H2,(H,22,23)/b14-9+. The lowest BCUT2D eigenvalue weighted by atomic mass is 9.99. The van der Waals surface area contributed by atoms with Crippen molar-refractivity contribution >= 4 is 29.0 Å². The zero-order valence-electron chi connectivity index (χ0n) is 13.8. The van der Waals surface area contributed by atoms with Gasteiger partial charge in [-0.05, 0) is 22.8 Å². The van der Waals surface area contributed by atoms with E-state index >= 15 is 0 Å². The van der Waals surface area contributed by atoms with Crippen molar-refractivity contribution in [1.29, 1.82) is 0 Å². The summed E-state index contributed by atoms with van der Waals surface area (Å²) in [5.41, 5.74) is 0.552. The van der Waals surface area contributed by atoms with Crippen LogP contribution in [-0.2, 0) is 30.3 Å². The number of nitrogens with one attached hydrogen (secondary N) is 1. The Kier molecular flexibility index (Phi) is 5.40. The molecule has 0 spiro atoms. The van der Waals surface area contributed by atoms with Gasteiger partial charge in [-0.25, -0.2) is 9.59 Å². The third kappa shape index (κ3) is 4.14. The summed E-state index contributed by atoms with van der Waals surface area (Å²) in [6.07, 6.45) is 0.275. The second kappa shape index (κ2) is 7.90. The van der Waals surface area contributed by atoms with E-state index in [2.05, 4.69) is 5.32 Å². The molecule has 26 heavy (non-hydrogen) atoms. The van der Waals surface area contributed by atoms with Gasteiger partial charge in [0, 0.05) is 12.1 Å². The van der Waals surface area contributed by atoms with Crippen LogP contribution >= 0.6 is 0 Å². The van der Waals surface area contributed by atoms with E-state index in [-0.39, 0.29) is 12.3 Å². The van der Waals surface area contributed by atoms with Crippen LogP contribution < -0.4 is 5.32 Å². The fraction of sp³-hybridized carbons (Fsp3) is 0.211. The van der Waals surface area contributed by atoms with Gasteiger partial charge in [0.1, 0.15) is 5.57 Å². The van der Waals surface area contributed by atoms with E-state index in [9.17, 15) is 14.4 Å². The van der Waals surface area contributed by atoms with Gasteiger partial charge in [-0.3, -0.25) is 10.1 Å². The summed E-state index contributed by atoms with van der Waals surface area (Å²) in [6.45, 7) is 0.320. The monoisotopic (exact) mass is 355 g/mol. The summed E-state index contributed by atoms with van der Waals surface area (Å²) in [5, 5.41) is 13.9. The molecule has 0 aromatic heterocycles. The van der Waals surface area contributed by atoms with Gasteiger partial charge in [0.05, 0.1) is 6.61 Å². The van der Waals surface area contributed by atoms with Crippen molar-refractivity contribution in [2.45, 2.75) is 18.9 Å². The number of carboxylic acids is 1. The number of aldehydes is 1. The Balaban J connectivity index is 1.63. The molecule has 0 saturated carbocycles. The van der Waals surface area contributed by atoms with Gasteiger partial charge < -0.3 is 14.6 Å². The molecule has 0 amide bonds. The zero-order valence-corrected chi connectivity index (χ0v) is 13.8. The normalized spacial score (nSPS) is 20.1. The van der Waals surface area contributed by atoms with Crippen molar-refractivity contribution in [3.8, 4) is 0 Å². The van der Waals surface area contributed by atoms with Crippen LogP contribution in [0.5, 0.6) is 0 Å². The van der Waals surface area contributed by atoms with E-state index in [1.54, 1.807) is 0 Å². The molecule has 1 aliphatic rings. The van der Waals surface area contributed by atoms with E-state index in [0.717, 1.165) is 16.3 Å². The molecule has 2 atom stereocenters. The number of fused-ring (bicyclic) bond motifs is 1. The summed E-state index contributed by atoms with van der Waals surface area (Å²) < 4.78 is 10.4. The molecule has 3 rings (SSSR count). The Bertz CT molecular complexity index is 870. The molecule has 2 N–H and O–H groups in total. The second-order valence-electron chi connectivity index (χ2n) is 5.83. The van der Waals surface area contributed by atoms with Gasteiger partial charge in [-0.15, -0.1) is 0 Å². The molecule has 0 radical (unpaired) electrons. The minimum absolute atomic E-state index is 0.0817. The van der Waals surface area contributed by atoms with Crippen LogP contribution in [0.4, 0.5) is 0 Å². The third-order valence-corrected chi connectivity index (χ3v) is 4.02. The molecule has 2 aromatic carbocycles. The molecular weight excluding hydrogens is 338 g/mol. The Hall–Kier alpha value is -3.03. The first kappa shape index (κ1) is 17.8. The van der Waals surface area contributed by atoms with Crippen LogP contribution in [0, 0.1) is 0 Å². The molecule has 7 nitrogen and oxygen atoms in total. The molecule has 1 heterocycles. The summed E-state index contributed by atoms with van der Waals surface area (Å²) in [6, 6.07) is 14.0. The Morgan fingerprint density at radius 1 is 1.23 bits per heavy atom. The minimum Gasteiger partial charge on any atom is -0.478 e. The van der Waals surface area contributed by atoms with Crippen LogP contribution in [0.15, 0.2) is 54.1 Å². The number of ether oxygens (including phenoxy) is 2. The van der Waals surface area contributed by atoms with Crippen molar-refractivity contribution in [2.24, 2.45) is 0 Å². The number of aliphatic carboxylic acids is 1. The maximum Gasteiger partial charge on any atom is 0.345 e. The average Bonchev–Trinajstić information content (AvgIpc) is 3.06. The van der Waals surface area contributed by atoms with E-state index < -0.39 is 23.9 Å². The number of benzene rings is 2. The minimum atomic E-state index is -1.40. The van der Waals surface area contributed by atoms with Gasteiger partial charge in [0.15, 0.2) is 6.29 Å². The number of rotatable bonds is 6. The summed E-state index contributed by atoms with van der Waals surface area (Å²) in [4.78, 5) is 33.2. The summed E-state index contributed by atoms with van der Waals surface area (Å²) >= 11 is 0. The Labute approximate surface area is 149 Å². The van der Waals surface area contributed by atoms with Crippen LogP contribution in [-0.4, -0.2) is 42.4 Å². The maximum atomic E-state index is 11.8. The lowest BCUT2D eigenvalue weighted by Crippen LogP contribution is -2.35. The van der Waals surface area contributed by atoms with Crippen molar-refractivity contribution in [3.63, 3.8) is 0 Å². The van der Waals surface area contributed by atoms with Crippen molar-refractivity contribution in [2.75, 3.05) is 6.61 Å². The highest BCUT2D eigenvalue weighted by Gasteiger charge is 2.28. The van der Waals surface area contributed by atoms with E-state index in [1.165, 1.54) is 0 Å². The third-order valence-electron chi connectivity index (χ3n) is 4.02. The predicted octanol–water partition coefficient (Wildman–Crippen LogP) is 1.41. The van der Waals surface area contributed by atoms with Crippen LogP contribution in [0.2, 0.25) is 0 Å². The average molecular weight is 355 g/mol. The van der Waals surface area contributed by atoms with Gasteiger partial charge in [-0.1, -0.05) is 42.5 Å². The number of carbonyl (C=O) groups is 3. The molecule has 0 aliphatic carbocycles.